The van der Waals surface area contributed by atoms with Gasteiger partial charge in [0.2, 0.25) is 0 Å². The van der Waals surface area contributed by atoms with E-state index in [1.807, 2.05) is 0 Å². The molecule has 0 radical (unpaired) electrons. The maximum atomic E-state index is 11.4. The van der Waals surface area contributed by atoms with Gasteiger partial charge in [-0.25, -0.2) is 4.79 Å². The van der Waals surface area contributed by atoms with Crippen molar-refractivity contribution in [2.45, 2.75) is 12.8 Å². The molecule has 0 atom stereocenters. The van der Waals surface area contributed by atoms with Gasteiger partial charge in [-0.2, -0.15) is 0 Å². The van der Waals surface area contributed by atoms with E-state index in [2.05, 4.69) is 4.74 Å². The van der Waals surface area contributed by atoms with E-state index in [0.717, 1.165) is 6.42 Å². The van der Waals surface area contributed by atoms with Crippen LogP contribution in [0.3, 0.4) is 0 Å². The third kappa shape index (κ3) is 4.51. The SMILES string of the molecule is COCCCCOc1cc(C(=O)OC)ccc1[N+](=O)[O-]. The van der Waals surface area contributed by atoms with Crippen molar-refractivity contribution in [2.24, 2.45) is 0 Å². The normalized spacial score (nSPS) is 10.1. The predicted molar refractivity (Wildman–Crippen MR) is 71.0 cm³/mol. The van der Waals surface area contributed by atoms with Crippen molar-refractivity contribution >= 4 is 11.7 Å². The minimum absolute atomic E-state index is 0.0651. The van der Waals surface area contributed by atoms with E-state index in [9.17, 15) is 14.9 Å². The van der Waals surface area contributed by atoms with Crippen LogP contribution in [0.4, 0.5) is 5.69 Å². The fourth-order valence-electron chi connectivity index (χ4n) is 1.56. The summed E-state index contributed by atoms with van der Waals surface area (Å²) >= 11 is 0. The second-order valence-electron chi connectivity index (χ2n) is 3.98. The largest absolute Gasteiger partial charge is 0.487 e. The van der Waals surface area contributed by atoms with Crippen molar-refractivity contribution in [1.82, 2.24) is 0 Å². The minimum atomic E-state index is -0.566. The van der Waals surface area contributed by atoms with Crippen LogP contribution >= 0.6 is 0 Å². The van der Waals surface area contributed by atoms with E-state index in [-0.39, 0.29) is 17.0 Å². The van der Waals surface area contributed by atoms with Gasteiger partial charge in [-0.3, -0.25) is 10.1 Å². The van der Waals surface area contributed by atoms with E-state index in [1.54, 1.807) is 7.11 Å². The highest BCUT2D eigenvalue weighted by Gasteiger charge is 2.18. The molecule has 0 fully saturated rings. The van der Waals surface area contributed by atoms with Crippen LogP contribution in [0.25, 0.3) is 0 Å². The molecule has 0 spiro atoms. The van der Waals surface area contributed by atoms with Gasteiger partial charge in [0.25, 0.3) is 0 Å². The standard InChI is InChI=1S/C13H17NO6/c1-18-7-3-4-8-20-12-9-10(13(15)19-2)5-6-11(12)14(16)17/h5-6,9H,3-4,7-8H2,1-2H3. The van der Waals surface area contributed by atoms with Gasteiger partial charge in [-0.15, -0.1) is 0 Å². The van der Waals surface area contributed by atoms with Gasteiger partial charge in [-0.05, 0) is 18.9 Å². The third-order valence-electron chi connectivity index (χ3n) is 2.58. The molecule has 0 unspecified atom stereocenters. The van der Waals surface area contributed by atoms with Gasteiger partial charge in [0, 0.05) is 25.8 Å². The smallest absolute Gasteiger partial charge is 0.337 e. The Morgan fingerprint density at radius 2 is 1.95 bits per heavy atom. The van der Waals surface area contributed by atoms with Gasteiger partial charge < -0.3 is 14.2 Å². The van der Waals surface area contributed by atoms with Crippen molar-refractivity contribution in [3.05, 3.63) is 33.9 Å². The fraction of sp³-hybridized carbons (Fsp3) is 0.462. The Kier molecular flexibility index (Phi) is 6.45. The van der Waals surface area contributed by atoms with Crippen LogP contribution in [0.15, 0.2) is 18.2 Å². The number of rotatable bonds is 8. The maximum absolute atomic E-state index is 11.4. The Morgan fingerprint density at radius 1 is 1.25 bits per heavy atom. The molecule has 7 nitrogen and oxygen atoms in total. The van der Waals surface area contributed by atoms with E-state index in [1.165, 1.54) is 25.3 Å². The van der Waals surface area contributed by atoms with E-state index in [0.29, 0.717) is 19.6 Å². The molecular formula is C13H17NO6. The molecule has 1 rings (SSSR count). The molecule has 0 saturated carbocycles. The summed E-state index contributed by atoms with van der Waals surface area (Å²) in [5.74, 6) is -0.501. The maximum Gasteiger partial charge on any atom is 0.337 e. The molecule has 20 heavy (non-hydrogen) atoms. The summed E-state index contributed by atoms with van der Waals surface area (Å²) in [5.41, 5.74) is 0.0365. The molecule has 0 heterocycles. The molecule has 1 aromatic carbocycles. The first-order chi connectivity index (χ1) is 9.60. The summed E-state index contributed by atoms with van der Waals surface area (Å²) in [7, 11) is 2.85. The van der Waals surface area contributed by atoms with Gasteiger partial charge >= 0.3 is 11.7 Å². The Morgan fingerprint density at radius 3 is 2.55 bits per heavy atom. The van der Waals surface area contributed by atoms with Crippen molar-refractivity contribution < 1.29 is 23.9 Å². The van der Waals surface area contributed by atoms with E-state index in [4.69, 9.17) is 9.47 Å². The second kappa shape index (κ2) is 8.11. The zero-order valence-corrected chi connectivity index (χ0v) is 11.5. The molecule has 0 saturated heterocycles. The number of hydrogen-bond acceptors (Lipinski definition) is 6. The lowest BCUT2D eigenvalue weighted by atomic mass is 10.2. The molecule has 0 aliphatic rings. The Balaban J connectivity index is 2.78. The summed E-state index contributed by atoms with van der Waals surface area (Å²) in [6.07, 6.45) is 1.49. The van der Waals surface area contributed by atoms with Crippen molar-refractivity contribution in [1.29, 1.82) is 0 Å². The molecule has 0 aromatic heterocycles. The first kappa shape index (κ1) is 15.9. The molecule has 7 heteroatoms. The lowest BCUT2D eigenvalue weighted by Gasteiger charge is -2.08. The number of esters is 1. The van der Waals surface area contributed by atoms with Gasteiger partial charge in [0.15, 0.2) is 5.75 Å². The van der Waals surface area contributed by atoms with E-state index >= 15 is 0 Å². The van der Waals surface area contributed by atoms with Gasteiger partial charge in [0.05, 0.1) is 24.2 Å². The number of hydrogen-bond donors (Lipinski definition) is 0. The van der Waals surface area contributed by atoms with Crippen LogP contribution in [0, 0.1) is 10.1 Å². The number of carbonyl (C=O) groups excluding carboxylic acids is 1. The number of nitrogens with zero attached hydrogens (tertiary/aromatic N) is 1. The quantitative estimate of drug-likeness (QED) is 0.314. The number of unbranched alkanes of at least 4 members (excludes halogenated alkanes) is 1. The second-order valence-corrected chi connectivity index (χ2v) is 3.98. The summed E-state index contributed by atoms with van der Waals surface area (Å²) < 4.78 is 14.8. The lowest BCUT2D eigenvalue weighted by Crippen LogP contribution is -2.05. The monoisotopic (exact) mass is 283 g/mol. The van der Waals surface area contributed by atoms with Crippen LogP contribution in [0.2, 0.25) is 0 Å². The van der Waals surface area contributed by atoms with Crippen LogP contribution in [-0.2, 0) is 9.47 Å². The highest BCUT2D eigenvalue weighted by Crippen LogP contribution is 2.28. The van der Waals surface area contributed by atoms with Crippen molar-refractivity contribution in [3.8, 4) is 5.75 Å². The average molecular weight is 283 g/mol. The molecule has 0 aliphatic carbocycles. The summed E-state index contributed by atoms with van der Waals surface area (Å²) in [6, 6.07) is 3.89. The van der Waals surface area contributed by atoms with Crippen molar-refractivity contribution in [2.75, 3.05) is 27.4 Å². The molecule has 1 aromatic rings. The minimum Gasteiger partial charge on any atom is -0.487 e. The average Bonchev–Trinajstić information content (AvgIpc) is 2.45. The summed E-state index contributed by atoms with van der Waals surface area (Å²) in [4.78, 5) is 21.7. The number of methoxy groups -OCH3 is 2. The van der Waals surface area contributed by atoms with Gasteiger partial charge in [0.1, 0.15) is 0 Å². The zero-order chi connectivity index (χ0) is 15.0. The number of nitro groups is 1. The molecule has 110 valence electrons. The molecule has 0 aliphatic heterocycles. The van der Waals surface area contributed by atoms with Crippen LogP contribution in [0.5, 0.6) is 5.75 Å². The molecular weight excluding hydrogens is 266 g/mol. The fourth-order valence-corrected chi connectivity index (χ4v) is 1.56. The Labute approximate surface area is 116 Å². The number of ether oxygens (including phenoxy) is 3. The first-order valence-electron chi connectivity index (χ1n) is 6.08. The Hall–Kier alpha value is -2.15. The third-order valence-corrected chi connectivity index (χ3v) is 2.58. The Bertz CT molecular complexity index is 474. The number of nitro benzene ring substituents is 1. The number of benzene rings is 1. The highest BCUT2D eigenvalue weighted by atomic mass is 16.6. The number of carbonyl (C=O) groups is 1. The van der Waals surface area contributed by atoms with Crippen molar-refractivity contribution in [3.63, 3.8) is 0 Å². The lowest BCUT2D eigenvalue weighted by molar-refractivity contribution is -0.385. The van der Waals surface area contributed by atoms with E-state index < -0.39 is 10.9 Å². The van der Waals surface area contributed by atoms with Crippen LogP contribution in [0.1, 0.15) is 23.2 Å². The molecule has 0 bridgehead atoms. The summed E-state index contributed by atoms with van der Waals surface area (Å²) in [5, 5.41) is 10.9. The highest BCUT2D eigenvalue weighted by molar-refractivity contribution is 5.90. The predicted octanol–water partition coefficient (Wildman–Crippen LogP) is 2.19. The first-order valence-corrected chi connectivity index (χ1v) is 6.08. The topological polar surface area (TPSA) is 87.9 Å². The van der Waals surface area contributed by atoms with Crippen LogP contribution in [-0.4, -0.2) is 38.3 Å². The molecule has 0 N–H and O–H groups in total. The van der Waals surface area contributed by atoms with Gasteiger partial charge in [-0.1, -0.05) is 0 Å². The molecule has 0 amide bonds. The summed E-state index contributed by atoms with van der Waals surface area (Å²) in [6.45, 7) is 0.919. The zero-order valence-electron chi connectivity index (χ0n) is 11.5. The van der Waals surface area contributed by atoms with Crippen LogP contribution < -0.4 is 4.74 Å².